The summed E-state index contributed by atoms with van der Waals surface area (Å²) in [5.41, 5.74) is 12.7. The molecule has 13 heavy (non-hydrogen) atoms. The van der Waals surface area contributed by atoms with Crippen molar-refractivity contribution in [3.8, 4) is 0 Å². The number of nitrogen functional groups attached to an aromatic ring is 1. The quantitative estimate of drug-likeness (QED) is 0.586. The van der Waals surface area contributed by atoms with Gasteiger partial charge in [0, 0.05) is 19.6 Å². The molecule has 2 heterocycles. The largest absolute Gasteiger partial charge is 0.384 e. The average Bonchev–Trinajstić information content (AvgIpc) is 2.06. The molecule has 1 aromatic rings. The van der Waals surface area contributed by atoms with E-state index in [2.05, 4.69) is 9.88 Å². The van der Waals surface area contributed by atoms with Gasteiger partial charge >= 0.3 is 0 Å². The van der Waals surface area contributed by atoms with Crippen molar-refractivity contribution in [2.75, 3.05) is 24.2 Å². The molecule has 0 amide bonds. The number of hydrogen-bond acceptors (Lipinski definition) is 4. The molecule has 1 aromatic heterocycles. The number of aromatic nitrogens is 1. The van der Waals surface area contributed by atoms with Gasteiger partial charge in [0.1, 0.15) is 11.6 Å². The normalized spacial score (nSPS) is 21.4. The predicted molar refractivity (Wildman–Crippen MR) is 53.6 cm³/mol. The van der Waals surface area contributed by atoms with Gasteiger partial charge in [-0.3, -0.25) is 0 Å². The third-order valence-electron chi connectivity index (χ3n) is 2.33. The Bertz CT molecular complexity index is 323. The second kappa shape index (κ2) is 2.88. The fraction of sp³-hybridized carbons (Fsp3) is 0.444. The highest BCUT2D eigenvalue weighted by atomic mass is 15.2. The Labute approximate surface area is 77.5 Å². The zero-order valence-electron chi connectivity index (χ0n) is 7.70. The Morgan fingerprint density at radius 3 is 3.08 bits per heavy atom. The molecule has 0 radical (unpaired) electrons. The summed E-state index contributed by atoms with van der Waals surface area (Å²) in [4.78, 5) is 6.33. The monoisotopic (exact) mass is 178 g/mol. The van der Waals surface area contributed by atoms with E-state index in [0.717, 1.165) is 18.8 Å². The SMILES string of the molecule is CN1C[C@H](N)Cc2ccc(N)nc21. The van der Waals surface area contributed by atoms with Crippen molar-refractivity contribution in [1.29, 1.82) is 0 Å². The first kappa shape index (κ1) is 8.31. The Balaban J connectivity index is 2.43. The molecule has 0 fully saturated rings. The molecule has 0 saturated carbocycles. The highest BCUT2D eigenvalue weighted by Crippen LogP contribution is 2.23. The lowest BCUT2D eigenvalue weighted by atomic mass is 10.0. The molecule has 0 unspecified atom stereocenters. The number of anilines is 2. The van der Waals surface area contributed by atoms with Gasteiger partial charge in [-0.05, 0) is 18.1 Å². The van der Waals surface area contributed by atoms with Gasteiger partial charge < -0.3 is 16.4 Å². The van der Waals surface area contributed by atoms with Crippen LogP contribution in [-0.4, -0.2) is 24.6 Å². The molecular weight excluding hydrogens is 164 g/mol. The van der Waals surface area contributed by atoms with Crippen molar-refractivity contribution in [2.24, 2.45) is 5.73 Å². The lowest BCUT2D eigenvalue weighted by molar-refractivity contribution is 0.621. The van der Waals surface area contributed by atoms with Crippen LogP contribution in [0.4, 0.5) is 11.6 Å². The number of likely N-dealkylation sites (N-methyl/N-ethyl adjacent to an activating group) is 1. The summed E-state index contributed by atoms with van der Waals surface area (Å²) in [5.74, 6) is 1.54. The van der Waals surface area contributed by atoms with Crippen molar-refractivity contribution in [3.63, 3.8) is 0 Å². The topological polar surface area (TPSA) is 68.2 Å². The number of rotatable bonds is 0. The minimum Gasteiger partial charge on any atom is -0.384 e. The summed E-state index contributed by atoms with van der Waals surface area (Å²) in [6.07, 6.45) is 0.896. The van der Waals surface area contributed by atoms with E-state index in [1.807, 2.05) is 19.2 Å². The van der Waals surface area contributed by atoms with Crippen molar-refractivity contribution in [1.82, 2.24) is 4.98 Å². The lowest BCUT2D eigenvalue weighted by Gasteiger charge is -2.30. The minimum absolute atomic E-state index is 0.211. The van der Waals surface area contributed by atoms with Crippen molar-refractivity contribution < 1.29 is 0 Å². The Morgan fingerprint density at radius 1 is 1.54 bits per heavy atom. The fourth-order valence-electron chi connectivity index (χ4n) is 1.77. The van der Waals surface area contributed by atoms with Crippen molar-refractivity contribution in [3.05, 3.63) is 17.7 Å². The molecule has 0 aliphatic carbocycles. The number of pyridine rings is 1. The standard InChI is InChI=1S/C9H14N4/c1-13-5-7(10)4-6-2-3-8(11)12-9(6)13/h2-3,7H,4-5,10H2,1H3,(H2,11,12)/t7-/m1/s1. The smallest absolute Gasteiger partial charge is 0.134 e. The first-order valence-corrected chi connectivity index (χ1v) is 4.39. The first-order valence-electron chi connectivity index (χ1n) is 4.39. The third-order valence-corrected chi connectivity index (χ3v) is 2.33. The summed E-state index contributed by atoms with van der Waals surface area (Å²) in [6, 6.07) is 4.04. The lowest BCUT2D eigenvalue weighted by Crippen LogP contribution is -2.41. The van der Waals surface area contributed by atoms with Gasteiger partial charge in [0.2, 0.25) is 0 Å². The number of hydrogen-bond donors (Lipinski definition) is 2. The van der Waals surface area contributed by atoms with Crippen LogP contribution in [0.5, 0.6) is 0 Å². The predicted octanol–water partition coefficient (Wildman–Crippen LogP) is -0.0166. The third kappa shape index (κ3) is 1.45. The summed E-state index contributed by atoms with van der Waals surface area (Å²) in [7, 11) is 1.99. The molecule has 1 atom stereocenters. The summed E-state index contributed by atoms with van der Waals surface area (Å²) in [6.45, 7) is 0.851. The van der Waals surface area contributed by atoms with Crippen LogP contribution in [0.2, 0.25) is 0 Å². The van der Waals surface area contributed by atoms with Crippen LogP contribution >= 0.6 is 0 Å². The molecular formula is C9H14N4. The van der Waals surface area contributed by atoms with Crippen LogP contribution < -0.4 is 16.4 Å². The highest BCUT2D eigenvalue weighted by molar-refractivity contribution is 5.53. The Kier molecular flexibility index (Phi) is 1.84. The summed E-state index contributed by atoms with van der Waals surface area (Å²) in [5, 5.41) is 0. The average molecular weight is 178 g/mol. The number of fused-ring (bicyclic) bond motifs is 1. The minimum atomic E-state index is 0.211. The van der Waals surface area contributed by atoms with E-state index in [0.29, 0.717) is 5.82 Å². The zero-order valence-corrected chi connectivity index (χ0v) is 7.70. The molecule has 4 nitrogen and oxygen atoms in total. The second-order valence-corrected chi connectivity index (χ2v) is 3.56. The molecule has 0 bridgehead atoms. The Morgan fingerprint density at radius 2 is 2.31 bits per heavy atom. The molecule has 70 valence electrons. The molecule has 4 N–H and O–H groups in total. The van der Waals surface area contributed by atoms with Gasteiger partial charge in [-0.25, -0.2) is 4.98 Å². The van der Waals surface area contributed by atoms with Gasteiger partial charge in [0.05, 0.1) is 0 Å². The molecule has 2 rings (SSSR count). The van der Waals surface area contributed by atoms with Crippen molar-refractivity contribution >= 4 is 11.6 Å². The van der Waals surface area contributed by atoms with Crippen molar-refractivity contribution in [2.45, 2.75) is 12.5 Å². The zero-order chi connectivity index (χ0) is 9.42. The van der Waals surface area contributed by atoms with Gasteiger partial charge in [0.15, 0.2) is 0 Å². The number of nitrogens with zero attached hydrogens (tertiary/aromatic N) is 2. The van der Waals surface area contributed by atoms with E-state index in [-0.39, 0.29) is 6.04 Å². The van der Waals surface area contributed by atoms with E-state index in [1.165, 1.54) is 5.56 Å². The van der Waals surface area contributed by atoms with Crippen LogP contribution in [0.25, 0.3) is 0 Å². The van der Waals surface area contributed by atoms with Gasteiger partial charge in [-0.15, -0.1) is 0 Å². The maximum atomic E-state index is 5.88. The summed E-state index contributed by atoms with van der Waals surface area (Å²) < 4.78 is 0. The summed E-state index contributed by atoms with van der Waals surface area (Å²) >= 11 is 0. The molecule has 4 heteroatoms. The molecule has 1 aliphatic heterocycles. The van der Waals surface area contributed by atoms with E-state index >= 15 is 0 Å². The van der Waals surface area contributed by atoms with Gasteiger partial charge in [0.25, 0.3) is 0 Å². The van der Waals surface area contributed by atoms with Gasteiger partial charge in [-0.2, -0.15) is 0 Å². The maximum Gasteiger partial charge on any atom is 0.134 e. The number of nitrogens with two attached hydrogens (primary N) is 2. The van der Waals surface area contributed by atoms with E-state index < -0.39 is 0 Å². The van der Waals surface area contributed by atoms with E-state index in [4.69, 9.17) is 11.5 Å². The van der Waals surface area contributed by atoms with Gasteiger partial charge in [-0.1, -0.05) is 6.07 Å². The van der Waals surface area contributed by atoms with E-state index in [1.54, 1.807) is 0 Å². The van der Waals surface area contributed by atoms with Crippen LogP contribution in [0.15, 0.2) is 12.1 Å². The first-order chi connectivity index (χ1) is 6.16. The fourth-order valence-corrected chi connectivity index (χ4v) is 1.77. The van der Waals surface area contributed by atoms with Crippen LogP contribution in [-0.2, 0) is 6.42 Å². The molecule has 0 aromatic carbocycles. The molecule has 0 saturated heterocycles. The molecule has 0 spiro atoms. The maximum absolute atomic E-state index is 5.88. The van der Waals surface area contributed by atoms with Crippen LogP contribution in [0.3, 0.4) is 0 Å². The highest BCUT2D eigenvalue weighted by Gasteiger charge is 2.20. The Hall–Kier alpha value is -1.29. The van der Waals surface area contributed by atoms with Crippen LogP contribution in [0, 0.1) is 0 Å². The molecule has 1 aliphatic rings. The van der Waals surface area contributed by atoms with Crippen LogP contribution in [0.1, 0.15) is 5.56 Å². The van der Waals surface area contributed by atoms with E-state index in [9.17, 15) is 0 Å². The second-order valence-electron chi connectivity index (χ2n) is 3.56.